The van der Waals surface area contributed by atoms with Gasteiger partial charge in [-0.3, -0.25) is 14.7 Å². The molecule has 0 spiro atoms. The Morgan fingerprint density at radius 2 is 1.71 bits per heavy atom. The first kappa shape index (κ1) is 37.0. The Kier molecular flexibility index (Phi) is 14.8. The molecule has 2 N–H and O–H groups in total. The topological polar surface area (TPSA) is 110 Å². The average molecular weight is 669 g/mol. The molecule has 2 fully saturated rings. The molecule has 1 atom stereocenters. The van der Waals surface area contributed by atoms with E-state index in [4.69, 9.17) is 27.9 Å². The maximum atomic E-state index is 12.1. The molecule has 13 heteroatoms. The van der Waals surface area contributed by atoms with E-state index in [-0.39, 0.29) is 17.9 Å². The maximum absolute atomic E-state index is 12.1. The van der Waals surface area contributed by atoms with Gasteiger partial charge in [0, 0.05) is 58.2 Å². The fourth-order valence-corrected chi connectivity index (χ4v) is 5.75. The van der Waals surface area contributed by atoms with Crippen molar-refractivity contribution in [2.75, 3.05) is 77.5 Å². The molecule has 3 heterocycles. The predicted octanol–water partition coefficient (Wildman–Crippen LogP) is 4.33. The molecule has 0 aliphatic carbocycles. The first-order valence-corrected chi connectivity index (χ1v) is 16.8. The van der Waals surface area contributed by atoms with E-state index >= 15 is 0 Å². The molecule has 0 aromatic heterocycles. The van der Waals surface area contributed by atoms with Crippen molar-refractivity contribution in [1.29, 1.82) is 0 Å². The van der Waals surface area contributed by atoms with Crippen molar-refractivity contribution in [3.05, 3.63) is 28.2 Å². The first-order chi connectivity index (χ1) is 21.4. The third kappa shape index (κ3) is 12.7. The number of amides is 2. The van der Waals surface area contributed by atoms with Gasteiger partial charge in [0.05, 0.1) is 28.8 Å². The van der Waals surface area contributed by atoms with E-state index in [9.17, 15) is 14.4 Å². The number of piperidine rings is 1. The minimum atomic E-state index is -0.422. The second-order valence-corrected chi connectivity index (χ2v) is 13.8. The van der Waals surface area contributed by atoms with Crippen molar-refractivity contribution in [2.24, 2.45) is 16.9 Å². The summed E-state index contributed by atoms with van der Waals surface area (Å²) in [5.74, 6) is 1.51. The number of anilines is 1. The summed E-state index contributed by atoms with van der Waals surface area (Å²) >= 11 is 12.0. The van der Waals surface area contributed by atoms with Gasteiger partial charge in [-0.2, -0.15) is 5.10 Å². The number of carbonyl (C=O) groups excluding carboxylic acids is 3. The molecule has 4 rings (SSSR count). The van der Waals surface area contributed by atoms with Gasteiger partial charge in [0.1, 0.15) is 17.7 Å². The molecule has 2 amide bonds. The van der Waals surface area contributed by atoms with Gasteiger partial charge in [-0.05, 0) is 77.7 Å². The fraction of sp³-hybridized carbons (Fsp3) is 0.688. The number of likely N-dealkylation sites (tertiary alicyclic amines) is 1. The minimum Gasteiger partial charge on any atom is -0.444 e. The van der Waals surface area contributed by atoms with Crippen LogP contribution in [-0.4, -0.2) is 117 Å². The Labute approximate surface area is 278 Å². The summed E-state index contributed by atoms with van der Waals surface area (Å²) in [6, 6.07) is 5.38. The summed E-state index contributed by atoms with van der Waals surface area (Å²) < 4.78 is 5.44. The fourth-order valence-electron chi connectivity index (χ4n) is 5.45. The molecule has 0 bridgehead atoms. The zero-order chi connectivity index (χ0) is 33.0. The standard InChI is InChI=1S/C17H31N3O3.C15H20Cl2N4O/c1-17(2,3)23-16(22)20-6-4-15(5-7-20)14-19-10-8-18(9-11-19)12-13-21;1-10-9-21(11-5-6-12(16)13(17)8-11)20-15(10)19-14(22)4-3-7-18-2/h13,15H,4-12,14H2,1-3H3;5-6,8,10,18H,3-4,7,9H2,1-2H3,(H,19,20,22). The smallest absolute Gasteiger partial charge is 0.410 e. The lowest BCUT2D eigenvalue weighted by atomic mass is 9.96. The van der Waals surface area contributed by atoms with E-state index in [1.54, 1.807) is 12.1 Å². The van der Waals surface area contributed by atoms with Crippen LogP contribution in [0.4, 0.5) is 10.5 Å². The van der Waals surface area contributed by atoms with Gasteiger partial charge in [0.2, 0.25) is 5.91 Å². The summed E-state index contributed by atoms with van der Waals surface area (Å²) in [7, 11) is 1.87. The molecule has 3 aliphatic rings. The Bertz CT molecular complexity index is 1150. The number of nitrogens with one attached hydrogen (secondary N) is 2. The van der Waals surface area contributed by atoms with Crippen LogP contribution >= 0.6 is 23.2 Å². The summed E-state index contributed by atoms with van der Waals surface area (Å²) in [5, 5.41) is 13.2. The number of hydrogen-bond acceptors (Lipinski definition) is 9. The van der Waals surface area contributed by atoms with Gasteiger partial charge in [-0.25, -0.2) is 4.79 Å². The van der Waals surface area contributed by atoms with Crippen molar-refractivity contribution >= 4 is 53.0 Å². The summed E-state index contributed by atoms with van der Waals surface area (Å²) in [5.41, 5.74) is 0.440. The molecule has 2 saturated heterocycles. The Balaban J connectivity index is 0.000000246. The first-order valence-electron chi connectivity index (χ1n) is 16.0. The van der Waals surface area contributed by atoms with Gasteiger partial charge in [0.15, 0.2) is 0 Å². The highest BCUT2D eigenvalue weighted by Gasteiger charge is 2.29. The molecule has 3 aliphatic heterocycles. The summed E-state index contributed by atoms with van der Waals surface area (Å²) in [6.45, 7) is 16.6. The van der Waals surface area contributed by atoms with E-state index in [2.05, 4.69) is 25.5 Å². The van der Waals surface area contributed by atoms with E-state index in [0.29, 0.717) is 41.3 Å². The van der Waals surface area contributed by atoms with Gasteiger partial charge < -0.3 is 30.0 Å². The van der Waals surface area contributed by atoms with Crippen molar-refractivity contribution in [3.63, 3.8) is 0 Å². The number of ether oxygens (including phenoxy) is 1. The molecular weight excluding hydrogens is 617 g/mol. The third-order valence-electron chi connectivity index (χ3n) is 8.02. The predicted molar refractivity (Wildman–Crippen MR) is 181 cm³/mol. The highest BCUT2D eigenvalue weighted by Crippen LogP contribution is 2.29. The van der Waals surface area contributed by atoms with Crippen molar-refractivity contribution < 1.29 is 19.1 Å². The van der Waals surface area contributed by atoms with Crippen LogP contribution in [0.2, 0.25) is 10.0 Å². The minimum absolute atomic E-state index is 0.00293. The van der Waals surface area contributed by atoms with E-state index in [1.807, 2.05) is 50.7 Å². The monoisotopic (exact) mass is 667 g/mol. The zero-order valence-electron chi connectivity index (χ0n) is 27.5. The summed E-state index contributed by atoms with van der Waals surface area (Å²) in [4.78, 5) is 41.0. The van der Waals surface area contributed by atoms with Crippen LogP contribution in [0.25, 0.3) is 0 Å². The van der Waals surface area contributed by atoms with Crippen LogP contribution in [0, 0.1) is 11.8 Å². The average Bonchev–Trinajstić information content (AvgIpc) is 3.35. The van der Waals surface area contributed by atoms with Gasteiger partial charge in [0.25, 0.3) is 0 Å². The largest absolute Gasteiger partial charge is 0.444 e. The second-order valence-electron chi connectivity index (χ2n) is 13.0. The number of amidine groups is 1. The van der Waals surface area contributed by atoms with Crippen molar-refractivity contribution in [3.8, 4) is 0 Å². The lowest BCUT2D eigenvalue weighted by Gasteiger charge is -2.38. The third-order valence-corrected chi connectivity index (χ3v) is 8.76. The van der Waals surface area contributed by atoms with E-state index in [1.165, 1.54) is 0 Å². The molecular formula is C32H51Cl2N7O4. The van der Waals surface area contributed by atoms with E-state index in [0.717, 1.165) is 83.6 Å². The summed E-state index contributed by atoms with van der Waals surface area (Å²) in [6.07, 6.45) is 4.20. The lowest BCUT2D eigenvalue weighted by Crippen LogP contribution is -2.49. The van der Waals surface area contributed by atoms with Crippen LogP contribution in [-0.2, 0) is 14.3 Å². The molecule has 11 nitrogen and oxygen atoms in total. The maximum Gasteiger partial charge on any atom is 0.410 e. The van der Waals surface area contributed by atoms with Gasteiger partial charge in [-0.15, -0.1) is 0 Å². The van der Waals surface area contributed by atoms with Crippen LogP contribution in [0.3, 0.4) is 0 Å². The van der Waals surface area contributed by atoms with Crippen LogP contribution in [0.15, 0.2) is 23.3 Å². The zero-order valence-corrected chi connectivity index (χ0v) is 29.0. The molecule has 252 valence electrons. The number of aldehydes is 1. The Morgan fingerprint density at radius 1 is 1.04 bits per heavy atom. The highest BCUT2D eigenvalue weighted by atomic mass is 35.5. The molecule has 1 aromatic rings. The lowest BCUT2D eigenvalue weighted by molar-refractivity contribution is -0.119. The van der Waals surface area contributed by atoms with Crippen molar-refractivity contribution in [1.82, 2.24) is 25.3 Å². The molecule has 45 heavy (non-hydrogen) atoms. The van der Waals surface area contributed by atoms with Crippen LogP contribution < -0.4 is 15.6 Å². The molecule has 0 saturated carbocycles. The quantitative estimate of drug-likeness (QED) is 0.296. The number of carbonyl (C=O) groups is 3. The van der Waals surface area contributed by atoms with Gasteiger partial charge >= 0.3 is 6.09 Å². The number of rotatable bonds is 9. The Morgan fingerprint density at radius 3 is 2.31 bits per heavy atom. The van der Waals surface area contributed by atoms with Crippen molar-refractivity contribution in [2.45, 2.75) is 59.0 Å². The number of halogens is 2. The number of nitrogens with zero attached hydrogens (tertiary/aromatic N) is 5. The normalized spacial score (nSPS) is 19.9. The van der Waals surface area contributed by atoms with Crippen LogP contribution in [0.5, 0.6) is 0 Å². The Hall–Kier alpha value is -2.44. The van der Waals surface area contributed by atoms with Crippen LogP contribution in [0.1, 0.15) is 53.4 Å². The number of hydrogen-bond donors (Lipinski definition) is 2. The van der Waals surface area contributed by atoms with E-state index < -0.39 is 5.60 Å². The SMILES string of the molecule is CC(C)(C)OC(=O)N1CCC(CN2CCN(CC=O)CC2)CC1.CNCCCC(=O)NC1=NN(c2ccc(Cl)c(Cl)c2)CC1C. The van der Waals surface area contributed by atoms with Gasteiger partial charge in [-0.1, -0.05) is 30.1 Å². The number of piperazine rings is 1. The highest BCUT2D eigenvalue weighted by molar-refractivity contribution is 6.42. The second kappa shape index (κ2) is 18.0. The molecule has 1 aromatic carbocycles. The molecule has 0 radical (unpaired) electrons. The number of hydrazone groups is 1. The molecule has 1 unspecified atom stereocenters. The number of benzene rings is 1.